The van der Waals surface area contributed by atoms with Gasteiger partial charge in [0.25, 0.3) is 0 Å². The molecule has 0 aromatic heterocycles. The molecule has 232 valence electrons. The van der Waals surface area contributed by atoms with E-state index in [0.717, 1.165) is 45.5 Å². The molecule has 0 unspecified atom stereocenters. The van der Waals surface area contributed by atoms with Crippen LogP contribution in [0.4, 0.5) is 11.4 Å². The lowest BCUT2D eigenvalue weighted by Crippen LogP contribution is -2.18. The average molecular weight is 656 g/mol. The first-order valence-corrected chi connectivity index (χ1v) is 16.0. The molecule has 0 atom stereocenters. The molecular formula is C41H32Cl2N2O2. The van der Waals surface area contributed by atoms with Crippen molar-refractivity contribution in [1.82, 2.24) is 0 Å². The standard InChI is InChI=1S/C41H32Cl2N2O2/c1-41(2,31-13-21-35(22-14-31)46-37-25-17-33(18-26-37)44-39(42)29-9-5-3-6-10-29)32-15-23-36(24-16-32)47-38-27-19-34(20-28-38)45-40(43)30-11-7-4-8-12-30/h3-28H,1-2H3/b44-39-,45-40-. The third-order valence-electron chi connectivity index (χ3n) is 7.78. The van der Waals surface area contributed by atoms with E-state index in [-0.39, 0.29) is 5.41 Å². The molecule has 0 heterocycles. The third-order valence-corrected chi connectivity index (χ3v) is 8.38. The van der Waals surface area contributed by atoms with Gasteiger partial charge in [-0.3, -0.25) is 0 Å². The van der Waals surface area contributed by atoms with Gasteiger partial charge in [-0.2, -0.15) is 0 Å². The van der Waals surface area contributed by atoms with Crippen LogP contribution in [0.2, 0.25) is 0 Å². The van der Waals surface area contributed by atoms with Gasteiger partial charge in [-0.05, 0) is 83.9 Å². The number of hydrogen-bond acceptors (Lipinski definition) is 4. The fourth-order valence-electron chi connectivity index (χ4n) is 5.00. The van der Waals surface area contributed by atoms with Crippen molar-refractivity contribution in [3.05, 3.63) is 180 Å². The van der Waals surface area contributed by atoms with E-state index < -0.39 is 0 Å². The van der Waals surface area contributed by atoms with Crippen LogP contribution < -0.4 is 9.47 Å². The summed E-state index contributed by atoms with van der Waals surface area (Å²) in [6.07, 6.45) is 0. The van der Waals surface area contributed by atoms with Crippen molar-refractivity contribution in [1.29, 1.82) is 0 Å². The van der Waals surface area contributed by atoms with Gasteiger partial charge in [-0.25, -0.2) is 9.98 Å². The minimum atomic E-state index is -0.230. The Labute approximate surface area is 285 Å². The Morgan fingerprint density at radius 3 is 1.04 bits per heavy atom. The number of hydrogen-bond donors (Lipinski definition) is 0. The smallest absolute Gasteiger partial charge is 0.136 e. The van der Waals surface area contributed by atoms with Crippen LogP contribution in [0.15, 0.2) is 168 Å². The molecule has 47 heavy (non-hydrogen) atoms. The quantitative estimate of drug-likeness (QED) is 0.138. The van der Waals surface area contributed by atoms with Gasteiger partial charge in [0.1, 0.15) is 33.3 Å². The fourth-order valence-corrected chi connectivity index (χ4v) is 5.45. The van der Waals surface area contributed by atoms with Gasteiger partial charge in [0, 0.05) is 16.5 Å². The van der Waals surface area contributed by atoms with Crippen molar-refractivity contribution in [2.45, 2.75) is 19.3 Å². The summed E-state index contributed by atoms with van der Waals surface area (Å²) in [5, 5.41) is 0.891. The second-order valence-corrected chi connectivity index (χ2v) is 12.1. The van der Waals surface area contributed by atoms with Crippen LogP contribution in [0.3, 0.4) is 0 Å². The van der Waals surface area contributed by atoms with E-state index in [1.807, 2.05) is 133 Å². The maximum atomic E-state index is 6.38. The van der Waals surface area contributed by atoms with Crippen LogP contribution in [0, 0.1) is 0 Å². The van der Waals surface area contributed by atoms with Crippen molar-refractivity contribution < 1.29 is 9.47 Å². The number of aliphatic imine (C=N–C) groups is 2. The highest BCUT2D eigenvalue weighted by Gasteiger charge is 2.23. The SMILES string of the molecule is CC(C)(c1ccc(Oc2ccc(/N=C(\Cl)c3ccccc3)cc2)cc1)c1ccc(Oc2ccc(/N=C(\Cl)c3ccccc3)cc2)cc1. The second kappa shape index (κ2) is 14.5. The van der Waals surface area contributed by atoms with Crippen LogP contribution in [0.5, 0.6) is 23.0 Å². The molecule has 0 aliphatic rings. The molecular weight excluding hydrogens is 623 g/mol. The maximum absolute atomic E-state index is 6.38. The summed E-state index contributed by atoms with van der Waals surface area (Å²) in [6.45, 7) is 4.41. The molecule has 0 aliphatic carbocycles. The molecule has 6 heteroatoms. The van der Waals surface area contributed by atoms with Gasteiger partial charge < -0.3 is 9.47 Å². The summed E-state index contributed by atoms with van der Waals surface area (Å²) in [4.78, 5) is 9.00. The van der Waals surface area contributed by atoms with E-state index in [1.165, 1.54) is 11.1 Å². The monoisotopic (exact) mass is 654 g/mol. The van der Waals surface area contributed by atoms with E-state index in [1.54, 1.807) is 0 Å². The molecule has 6 rings (SSSR count). The topological polar surface area (TPSA) is 43.2 Å². The molecule has 6 aromatic carbocycles. The predicted octanol–water partition coefficient (Wildman–Crippen LogP) is 12.2. The Hall–Kier alpha value is -5.16. The number of rotatable bonds is 10. The molecule has 0 bridgehead atoms. The molecule has 6 aromatic rings. The number of halogens is 2. The molecule has 0 aliphatic heterocycles. The molecule has 0 fully saturated rings. The summed E-state index contributed by atoms with van der Waals surface area (Å²) in [6, 6.07) is 50.9. The van der Waals surface area contributed by atoms with Crippen LogP contribution in [-0.2, 0) is 5.41 Å². The lowest BCUT2D eigenvalue weighted by molar-refractivity contribution is 0.481. The first-order chi connectivity index (χ1) is 22.8. The van der Waals surface area contributed by atoms with Crippen molar-refractivity contribution in [3.8, 4) is 23.0 Å². The Morgan fingerprint density at radius 2 is 0.723 bits per heavy atom. The van der Waals surface area contributed by atoms with E-state index in [2.05, 4.69) is 48.1 Å². The first kappa shape index (κ1) is 31.8. The first-order valence-electron chi connectivity index (χ1n) is 15.2. The molecule has 0 N–H and O–H groups in total. The predicted molar refractivity (Wildman–Crippen MR) is 195 cm³/mol. The van der Waals surface area contributed by atoms with E-state index in [4.69, 9.17) is 32.7 Å². The molecule has 0 saturated carbocycles. The third kappa shape index (κ3) is 8.17. The molecule has 0 saturated heterocycles. The highest BCUT2D eigenvalue weighted by atomic mass is 35.5. The van der Waals surface area contributed by atoms with Gasteiger partial charge in [0.05, 0.1) is 11.4 Å². The second-order valence-electron chi connectivity index (χ2n) is 11.4. The zero-order valence-electron chi connectivity index (χ0n) is 26.0. The van der Waals surface area contributed by atoms with Crippen molar-refractivity contribution in [2.24, 2.45) is 9.98 Å². The van der Waals surface area contributed by atoms with Crippen LogP contribution in [0.25, 0.3) is 0 Å². The number of ether oxygens (including phenoxy) is 2. The summed E-state index contributed by atoms with van der Waals surface area (Å²) in [5.41, 5.74) is 5.37. The van der Waals surface area contributed by atoms with Gasteiger partial charge in [-0.15, -0.1) is 0 Å². The minimum absolute atomic E-state index is 0.230. The zero-order chi connectivity index (χ0) is 32.6. The Kier molecular flexibility index (Phi) is 9.82. The maximum Gasteiger partial charge on any atom is 0.136 e. The van der Waals surface area contributed by atoms with Gasteiger partial charge in [0.2, 0.25) is 0 Å². The minimum Gasteiger partial charge on any atom is -0.457 e. The molecule has 0 amide bonds. The summed E-state index contributed by atoms with van der Waals surface area (Å²) < 4.78 is 12.2. The Morgan fingerprint density at radius 1 is 0.426 bits per heavy atom. The van der Waals surface area contributed by atoms with E-state index >= 15 is 0 Å². The van der Waals surface area contributed by atoms with Crippen LogP contribution in [0.1, 0.15) is 36.1 Å². The summed E-state index contributed by atoms with van der Waals surface area (Å²) >= 11 is 12.8. The fraction of sp³-hybridized carbons (Fsp3) is 0.0732. The highest BCUT2D eigenvalue weighted by molar-refractivity contribution is 6.70. The van der Waals surface area contributed by atoms with E-state index in [9.17, 15) is 0 Å². The summed E-state index contributed by atoms with van der Waals surface area (Å²) in [5.74, 6) is 2.96. The van der Waals surface area contributed by atoms with Gasteiger partial charge >= 0.3 is 0 Å². The normalized spacial score (nSPS) is 12.1. The summed E-state index contributed by atoms with van der Waals surface area (Å²) in [7, 11) is 0. The Balaban J connectivity index is 1.06. The molecule has 4 nitrogen and oxygen atoms in total. The highest BCUT2D eigenvalue weighted by Crippen LogP contribution is 2.35. The molecule has 0 radical (unpaired) electrons. The van der Waals surface area contributed by atoms with Crippen LogP contribution in [-0.4, -0.2) is 10.3 Å². The average Bonchev–Trinajstić information content (AvgIpc) is 3.11. The Bertz CT molecular complexity index is 1820. The van der Waals surface area contributed by atoms with Gasteiger partial charge in [-0.1, -0.05) is 122 Å². The van der Waals surface area contributed by atoms with Crippen molar-refractivity contribution >= 4 is 44.9 Å². The van der Waals surface area contributed by atoms with E-state index in [0.29, 0.717) is 10.3 Å². The van der Waals surface area contributed by atoms with Gasteiger partial charge in [0.15, 0.2) is 0 Å². The lowest BCUT2D eigenvalue weighted by atomic mass is 9.78. The largest absolute Gasteiger partial charge is 0.457 e. The number of nitrogens with zero attached hydrogens (tertiary/aromatic N) is 2. The molecule has 0 spiro atoms. The zero-order valence-corrected chi connectivity index (χ0v) is 27.5. The van der Waals surface area contributed by atoms with Crippen LogP contribution >= 0.6 is 23.2 Å². The van der Waals surface area contributed by atoms with Crippen molar-refractivity contribution in [3.63, 3.8) is 0 Å². The number of benzene rings is 6. The lowest BCUT2D eigenvalue weighted by Gasteiger charge is -2.26. The van der Waals surface area contributed by atoms with Crippen molar-refractivity contribution in [2.75, 3.05) is 0 Å².